The first-order valence-electron chi connectivity index (χ1n) is 6.03. The maximum Gasteiger partial charge on any atom is 0.341 e. The third-order valence-corrected chi connectivity index (χ3v) is 2.26. The van der Waals surface area contributed by atoms with Crippen LogP contribution in [0.15, 0.2) is 12.1 Å². The van der Waals surface area contributed by atoms with Crippen LogP contribution in [0.3, 0.4) is 0 Å². The van der Waals surface area contributed by atoms with Crippen molar-refractivity contribution in [3.8, 4) is 0 Å². The van der Waals surface area contributed by atoms with Crippen molar-refractivity contribution in [1.29, 1.82) is 0 Å². The fraction of sp³-hybridized carbons (Fsp3) is 0.462. The molecule has 0 unspecified atom stereocenters. The Kier molecular flexibility index (Phi) is 5.30. The molecule has 1 amide bonds. The van der Waals surface area contributed by atoms with E-state index in [0.29, 0.717) is 6.42 Å². The molecular weight excluding hydrogens is 232 g/mol. The van der Waals surface area contributed by atoms with Gasteiger partial charge in [-0.15, -0.1) is 0 Å². The summed E-state index contributed by atoms with van der Waals surface area (Å²) < 4.78 is 4.92. The molecule has 0 radical (unpaired) electrons. The molecule has 5 heteroatoms. The molecule has 0 atom stereocenters. The van der Waals surface area contributed by atoms with Crippen molar-refractivity contribution in [2.75, 3.05) is 11.9 Å². The second-order valence-corrected chi connectivity index (χ2v) is 3.87. The van der Waals surface area contributed by atoms with Crippen LogP contribution in [-0.4, -0.2) is 23.5 Å². The highest BCUT2D eigenvalue weighted by molar-refractivity contribution is 6.00. The molecule has 1 heterocycles. The monoisotopic (exact) mass is 250 g/mol. The first kappa shape index (κ1) is 14.2. The normalized spacial score (nSPS) is 9.94. The van der Waals surface area contributed by atoms with Crippen LogP contribution in [0.25, 0.3) is 0 Å². The van der Waals surface area contributed by atoms with Gasteiger partial charge in [-0.1, -0.05) is 6.92 Å². The molecule has 0 bridgehead atoms. The molecule has 0 aromatic carbocycles. The Morgan fingerprint density at radius 2 is 2.06 bits per heavy atom. The summed E-state index contributed by atoms with van der Waals surface area (Å²) in [7, 11) is 0. The van der Waals surface area contributed by atoms with Crippen LogP contribution >= 0.6 is 0 Å². The Morgan fingerprint density at radius 1 is 1.33 bits per heavy atom. The number of nitrogens with one attached hydrogen (secondary N) is 1. The van der Waals surface area contributed by atoms with Crippen molar-refractivity contribution in [2.45, 2.75) is 33.6 Å². The quantitative estimate of drug-likeness (QED) is 0.814. The number of hydrogen-bond acceptors (Lipinski definition) is 4. The van der Waals surface area contributed by atoms with Gasteiger partial charge in [0.2, 0.25) is 5.91 Å². The number of rotatable bonds is 5. The van der Waals surface area contributed by atoms with Crippen molar-refractivity contribution in [3.63, 3.8) is 0 Å². The van der Waals surface area contributed by atoms with E-state index in [4.69, 9.17) is 4.74 Å². The second-order valence-electron chi connectivity index (χ2n) is 3.87. The van der Waals surface area contributed by atoms with E-state index in [1.165, 1.54) is 0 Å². The van der Waals surface area contributed by atoms with Gasteiger partial charge in [0.05, 0.1) is 6.61 Å². The zero-order chi connectivity index (χ0) is 13.5. The minimum Gasteiger partial charge on any atom is -0.462 e. The molecule has 0 saturated heterocycles. The number of aromatic nitrogens is 1. The lowest BCUT2D eigenvalue weighted by Gasteiger charge is -2.09. The molecule has 1 N–H and O–H groups in total. The third-order valence-electron chi connectivity index (χ3n) is 2.26. The Labute approximate surface area is 107 Å². The lowest BCUT2D eigenvalue weighted by molar-refractivity contribution is -0.116. The first-order valence-corrected chi connectivity index (χ1v) is 6.03. The van der Waals surface area contributed by atoms with Gasteiger partial charge in [0.1, 0.15) is 11.4 Å². The number of amides is 1. The fourth-order valence-electron chi connectivity index (χ4n) is 1.45. The van der Waals surface area contributed by atoms with E-state index in [-0.39, 0.29) is 23.9 Å². The van der Waals surface area contributed by atoms with Crippen molar-refractivity contribution in [3.05, 3.63) is 23.4 Å². The van der Waals surface area contributed by atoms with E-state index in [1.807, 2.05) is 6.92 Å². The summed E-state index contributed by atoms with van der Waals surface area (Å²) in [5, 5.41) is 2.64. The number of pyridine rings is 1. The van der Waals surface area contributed by atoms with Crippen LogP contribution in [0.1, 0.15) is 42.7 Å². The Hall–Kier alpha value is -1.91. The third kappa shape index (κ3) is 3.84. The van der Waals surface area contributed by atoms with Crippen molar-refractivity contribution < 1.29 is 14.3 Å². The first-order chi connectivity index (χ1) is 8.58. The minimum absolute atomic E-state index is 0.152. The van der Waals surface area contributed by atoms with Gasteiger partial charge in [0, 0.05) is 12.1 Å². The summed E-state index contributed by atoms with van der Waals surface area (Å²) in [5.74, 6) is -0.357. The van der Waals surface area contributed by atoms with Crippen molar-refractivity contribution in [1.82, 2.24) is 4.98 Å². The molecule has 0 saturated carbocycles. The molecule has 0 aliphatic rings. The SMILES string of the molecule is CCCC(=O)Nc1nc(C)ccc1C(=O)OCC. The average molecular weight is 250 g/mol. The highest BCUT2D eigenvalue weighted by Crippen LogP contribution is 2.15. The van der Waals surface area contributed by atoms with E-state index in [9.17, 15) is 9.59 Å². The average Bonchev–Trinajstić information content (AvgIpc) is 2.29. The smallest absolute Gasteiger partial charge is 0.341 e. The molecule has 0 fully saturated rings. The molecule has 18 heavy (non-hydrogen) atoms. The van der Waals surface area contributed by atoms with E-state index in [1.54, 1.807) is 26.0 Å². The Balaban J connectivity index is 2.96. The topological polar surface area (TPSA) is 68.3 Å². The van der Waals surface area contributed by atoms with Gasteiger partial charge in [-0.2, -0.15) is 0 Å². The van der Waals surface area contributed by atoms with Crippen LogP contribution in [0.2, 0.25) is 0 Å². The summed E-state index contributed by atoms with van der Waals surface area (Å²) in [6.45, 7) is 5.73. The number of aryl methyl sites for hydroxylation is 1. The summed E-state index contributed by atoms with van der Waals surface area (Å²) in [4.78, 5) is 27.4. The molecule has 0 spiro atoms. The molecule has 1 rings (SSSR count). The zero-order valence-corrected chi connectivity index (χ0v) is 10.9. The van der Waals surface area contributed by atoms with Crippen molar-refractivity contribution >= 4 is 17.7 Å². The number of ether oxygens (including phenoxy) is 1. The predicted octanol–water partition coefficient (Wildman–Crippen LogP) is 2.31. The van der Waals surface area contributed by atoms with Crippen LogP contribution in [-0.2, 0) is 9.53 Å². The molecule has 1 aromatic heterocycles. The lowest BCUT2D eigenvalue weighted by Crippen LogP contribution is -2.17. The largest absolute Gasteiger partial charge is 0.462 e. The summed E-state index contributed by atoms with van der Waals surface area (Å²) in [6.07, 6.45) is 1.14. The number of esters is 1. The maximum absolute atomic E-state index is 11.7. The van der Waals surface area contributed by atoms with Crippen LogP contribution in [0.4, 0.5) is 5.82 Å². The van der Waals surface area contributed by atoms with Gasteiger partial charge >= 0.3 is 5.97 Å². The van der Waals surface area contributed by atoms with E-state index in [2.05, 4.69) is 10.3 Å². The second kappa shape index (κ2) is 6.74. The fourth-order valence-corrected chi connectivity index (χ4v) is 1.45. The van der Waals surface area contributed by atoms with Gasteiger partial charge in [-0.05, 0) is 32.4 Å². The van der Waals surface area contributed by atoms with Gasteiger partial charge in [0.25, 0.3) is 0 Å². The van der Waals surface area contributed by atoms with E-state index in [0.717, 1.165) is 12.1 Å². The highest BCUT2D eigenvalue weighted by Gasteiger charge is 2.15. The predicted molar refractivity (Wildman–Crippen MR) is 68.5 cm³/mol. The number of anilines is 1. The molecule has 5 nitrogen and oxygen atoms in total. The van der Waals surface area contributed by atoms with E-state index < -0.39 is 5.97 Å². The summed E-state index contributed by atoms with van der Waals surface area (Å²) in [5.41, 5.74) is 1.02. The molecular formula is C13H18N2O3. The van der Waals surface area contributed by atoms with Crippen LogP contribution in [0.5, 0.6) is 0 Å². The van der Waals surface area contributed by atoms with Crippen LogP contribution < -0.4 is 5.32 Å². The number of nitrogens with zero attached hydrogens (tertiary/aromatic N) is 1. The van der Waals surface area contributed by atoms with Gasteiger partial charge < -0.3 is 10.1 Å². The lowest BCUT2D eigenvalue weighted by atomic mass is 10.2. The highest BCUT2D eigenvalue weighted by atomic mass is 16.5. The Morgan fingerprint density at radius 3 is 2.67 bits per heavy atom. The molecule has 0 aliphatic carbocycles. The minimum atomic E-state index is -0.475. The maximum atomic E-state index is 11.7. The zero-order valence-electron chi connectivity index (χ0n) is 10.9. The van der Waals surface area contributed by atoms with Gasteiger partial charge in [0.15, 0.2) is 0 Å². The van der Waals surface area contributed by atoms with Crippen LogP contribution in [0, 0.1) is 6.92 Å². The Bertz CT molecular complexity index is 444. The number of hydrogen-bond donors (Lipinski definition) is 1. The summed E-state index contributed by atoms with van der Waals surface area (Å²) in [6, 6.07) is 3.32. The number of carbonyl (C=O) groups excluding carboxylic acids is 2. The summed E-state index contributed by atoms with van der Waals surface area (Å²) >= 11 is 0. The molecule has 0 aliphatic heterocycles. The van der Waals surface area contributed by atoms with Gasteiger partial charge in [-0.25, -0.2) is 9.78 Å². The van der Waals surface area contributed by atoms with Gasteiger partial charge in [-0.3, -0.25) is 4.79 Å². The molecule has 1 aromatic rings. The standard InChI is InChI=1S/C13H18N2O3/c1-4-6-11(16)15-12-10(13(17)18-5-2)8-7-9(3)14-12/h7-8H,4-6H2,1-3H3,(H,14,15,16). The number of carbonyl (C=O) groups is 2. The van der Waals surface area contributed by atoms with E-state index >= 15 is 0 Å². The van der Waals surface area contributed by atoms with Crippen molar-refractivity contribution in [2.24, 2.45) is 0 Å². The molecule has 98 valence electrons.